The van der Waals surface area contributed by atoms with Gasteiger partial charge in [0.15, 0.2) is 0 Å². The number of benzene rings is 3. The fourth-order valence-corrected chi connectivity index (χ4v) is 3.36. The van der Waals surface area contributed by atoms with Crippen molar-refractivity contribution in [3.63, 3.8) is 0 Å². The minimum absolute atomic E-state index is 0.0469. The number of carbonyl (C=O) groups is 1. The second kappa shape index (κ2) is 8.02. The van der Waals surface area contributed by atoms with Crippen LogP contribution >= 0.6 is 0 Å². The molecule has 0 spiro atoms. The molecule has 0 aliphatic heterocycles. The maximum atomic E-state index is 12.5. The van der Waals surface area contributed by atoms with Crippen molar-refractivity contribution in [3.8, 4) is 11.1 Å². The van der Waals surface area contributed by atoms with Gasteiger partial charge in [-0.3, -0.25) is 9.59 Å². The molecular weight excluding hydrogens is 362 g/mol. The molecule has 0 bridgehead atoms. The SMILES string of the molecule is Nn1c(=O)c(C(=O)NCCc2ccc(-c3ccccc3)cc2)cc2ccccc21. The van der Waals surface area contributed by atoms with Gasteiger partial charge in [-0.05, 0) is 35.2 Å². The van der Waals surface area contributed by atoms with Gasteiger partial charge in [-0.15, -0.1) is 0 Å². The van der Waals surface area contributed by atoms with Crippen LogP contribution in [-0.2, 0) is 6.42 Å². The average Bonchev–Trinajstić information content (AvgIpc) is 2.77. The predicted molar refractivity (Wildman–Crippen MR) is 116 cm³/mol. The highest BCUT2D eigenvalue weighted by atomic mass is 16.2. The summed E-state index contributed by atoms with van der Waals surface area (Å²) >= 11 is 0. The maximum Gasteiger partial charge on any atom is 0.282 e. The maximum absolute atomic E-state index is 12.5. The molecule has 0 unspecified atom stereocenters. The van der Waals surface area contributed by atoms with Crippen molar-refractivity contribution < 1.29 is 4.79 Å². The lowest BCUT2D eigenvalue weighted by atomic mass is 10.0. The Labute approximate surface area is 168 Å². The zero-order valence-corrected chi connectivity index (χ0v) is 15.8. The zero-order chi connectivity index (χ0) is 20.2. The number of hydrogen-bond donors (Lipinski definition) is 2. The third-order valence-electron chi connectivity index (χ3n) is 4.95. The van der Waals surface area contributed by atoms with Gasteiger partial charge in [-0.2, -0.15) is 0 Å². The highest BCUT2D eigenvalue weighted by Crippen LogP contribution is 2.19. The van der Waals surface area contributed by atoms with Crippen LogP contribution in [0.3, 0.4) is 0 Å². The Hall–Kier alpha value is -3.86. The summed E-state index contributed by atoms with van der Waals surface area (Å²) < 4.78 is 1.02. The van der Waals surface area contributed by atoms with Crippen LogP contribution < -0.4 is 16.7 Å². The molecule has 1 heterocycles. The van der Waals surface area contributed by atoms with Gasteiger partial charge in [0.2, 0.25) is 0 Å². The van der Waals surface area contributed by atoms with Crippen LogP contribution in [-0.4, -0.2) is 17.1 Å². The number of rotatable bonds is 5. The minimum atomic E-state index is -0.506. The van der Waals surface area contributed by atoms with Gasteiger partial charge in [-0.25, -0.2) is 4.68 Å². The number of nitrogens with zero attached hydrogens (tertiary/aromatic N) is 1. The van der Waals surface area contributed by atoms with Gasteiger partial charge in [0.1, 0.15) is 5.56 Å². The van der Waals surface area contributed by atoms with E-state index in [4.69, 9.17) is 5.84 Å². The van der Waals surface area contributed by atoms with Crippen molar-refractivity contribution in [1.82, 2.24) is 9.99 Å². The number of fused-ring (bicyclic) bond motifs is 1. The lowest BCUT2D eigenvalue weighted by Gasteiger charge is -2.09. The van der Waals surface area contributed by atoms with E-state index in [1.165, 1.54) is 5.56 Å². The minimum Gasteiger partial charge on any atom is -0.352 e. The second-order valence-electron chi connectivity index (χ2n) is 6.86. The first kappa shape index (κ1) is 18.5. The number of nitrogens with two attached hydrogens (primary N) is 1. The van der Waals surface area contributed by atoms with Crippen molar-refractivity contribution in [2.45, 2.75) is 6.42 Å². The molecule has 3 aromatic carbocycles. The first-order valence-corrected chi connectivity index (χ1v) is 9.46. The molecule has 1 amide bonds. The molecule has 0 aliphatic carbocycles. The summed E-state index contributed by atoms with van der Waals surface area (Å²) in [5.74, 6) is 5.45. The van der Waals surface area contributed by atoms with Crippen molar-refractivity contribution in [3.05, 3.63) is 106 Å². The number of aromatic nitrogens is 1. The number of amides is 1. The fourth-order valence-electron chi connectivity index (χ4n) is 3.36. The Morgan fingerprint density at radius 1 is 0.862 bits per heavy atom. The number of nitrogen functional groups attached to an aromatic ring is 1. The quantitative estimate of drug-likeness (QED) is 0.519. The Balaban J connectivity index is 1.42. The van der Waals surface area contributed by atoms with E-state index in [2.05, 4.69) is 41.7 Å². The van der Waals surface area contributed by atoms with E-state index in [0.717, 1.165) is 21.2 Å². The molecule has 5 heteroatoms. The van der Waals surface area contributed by atoms with Crippen molar-refractivity contribution >= 4 is 16.8 Å². The van der Waals surface area contributed by atoms with E-state index in [1.807, 2.05) is 30.3 Å². The normalized spacial score (nSPS) is 10.8. The van der Waals surface area contributed by atoms with Crippen LogP contribution in [0.1, 0.15) is 15.9 Å². The lowest BCUT2D eigenvalue weighted by molar-refractivity contribution is 0.0952. The van der Waals surface area contributed by atoms with Crippen LogP contribution in [0.2, 0.25) is 0 Å². The molecule has 0 aliphatic rings. The van der Waals surface area contributed by atoms with E-state index in [0.29, 0.717) is 18.5 Å². The monoisotopic (exact) mass is 383 g/mol. The summed E-state index contributed by atoms with van der Waals surface area (Å²) in [5, 5.41) is 3.57. The van der Waals surface area contributed by atoms with Gasteiger partial charge >= 0.3 is 0 Å². The van der Waals surface area contributed by atoms with Gasteiger partial charge in [0.05, 0.1) is 5.52 Å². The van der Waals surface area contributed by atoms with Crippen LogP contribution in [0.25, 0.3) is 22.0 Å². The van der Waals surface area contributed by atoms with Gasteiger partial charge < -0.3 is 11.2 Å². The first-order valence-electron chi connectivity index (χ1n) is 9.46. The molecule has 4 aromatic rings. The van der Waals surface area contributed by atoms with Crippen molar-refractivity contribution in [2.75, 3.05) is 12.4 Å². The largest absolute Gasteiger partial charge is 0.352 e. The first-order chi connectivity index (χ1) is 14.1. The summed E-state index contributed by atoms with van der Waals surface area (Å²) in [6.45, 7) is 0.431. The van der Waals surface area contributed by atoms with E-state index in [1.54, 1.807) is 18.2 Å². The summed E-state index contributed by atoms with van der Waals surface area (Å²) in [6.07, 6.45) is 0.672. The molecule has 0 saturated heterocycles. The molecule has 3 N–H and O–H groups in total. The molecule has 144 valence electrons. The zero-order valence-electron chi connectivity index (χ0n) is 15.8. The van der Waals surface area contributed by atoms with Crippen LogP contribution in [0, 0.1) is 0 Å². The van der Waals surface area contributed by atoms with Crippen molar-refractivity contribution in [2.24, 2.45) is 0 Å². The molecule has 5 nitrogen and oxygen atoms in total. The molecule has 0 saturated carbocycles. The van der Waals surface area contributed by atoms with Gasteiger partial charge in [0, 0.05) is 11.9 Å². The molecule has 0 atom stereocenters. The lowest BCUT2D eigenvalue weighted by Crippen LogP contribution is -2.36. The third kappa shape index (κ3) is 3.89. The molecule has 0 radical (unpaired) electrons. The summed E-state index contributed by atoms with van der Waals surface area (Å²) in [4.78, 5) is 24.9. The Morgan fingerprint density at radius 3 is 2.28 bits per heavy atom. The predicted octanol–water partition coefficient (Wildman–Crippen LogP) is 3.35. The highest BCUT2D eigenvalue weighted by molar-refractivity contribution is 5.97. The van der Waals surface area contributed by atoms with E-state index in [9.17, 15) is 9.59 Å². The van der Waals surface area contributed by atoms with Crippen LogP contribution in [0.4, 0.5) is 0 Å². The third-order valence-corrected chi connectivity index (χ3v) is 4.95. The van der Waals surface area contributed by atoms with Crippen LogP contribution in [0.15, 0.2) is 89.7 Å². The number of hydrogen-bond acceptors (Lipinski definition) is 3. The topological polar surface area (TPSA) is 77.1 Å². The molecular formula is C24H21N3O2. The number of carbonyl (C=O) groups excluding carboxylic acids is 1. The summed E-state index contributed by atoms with van der Waals surface area (Å²) in [6, 6.07) is 27.2. The summed E-state index contributed by atoms with van der Waals surface area (Å²) in [5.41, 5.74) is 3.56. The molecule has 1 aromatic heterocycles. The Kier molecular flexibility index (Phi) is 5.12. The molecule has 4 rings (SSSR count). The number of para-hydroxylation sites is 1. The van der Waals surface area contributed by atoms with E-state index >= 15 is 0 Å². The Morgan fingerprint density at radius 2 is 1.52 bits per heavy atom. The number of nitrogens with one attached hydrogen (secondary N) is 1. The highest BCUT2D eigenvalue weighted by Gasteiger charge is 2.14. The molecule has 0 fully saturated rings. The Bertz CT molecular complexity index is 1210. The van der Waals surface area contributed by atoms with Crippen LogP contribution in [0.5, 0.6) is 0 Å². The van der Waals surface area contributed by atoms with Gasteiger partial charge in [-0.1, -0.05) is 72.8 Å². The second-order valence-corrected chi connectivity index (χ2v) is 6.86. The fraction of sp³-hybridized carbons (Fsp3) is 0.0833. The van der Waals surface area contributed by atoms with E-state index in [-0.39, 0.29) is 5.56 Å². The van der Waals surface area contributed by atoms with Crippen molar-refractivity contribution in [1.29, 1.82) is 0 Å². The summed E-state index contributed by atoms with van der Waals surface area (Å²) in [7, 11) is 0. The van der Waals surface area contributed by atoms with Gasteiger partial charge in [0.25, 0.3) is 11.5 Å². The standard InChI is InChI=1S/C24H21N3O2/c25-27-22-9-5-4-8-20(22)16-21(24(27)29)23(28)26-15-14-17-10-12-19(13-11-17)18-6-2-1-3-7-18/h1-13,16H,14-15,25H2,(H,26,28). The average molecular weight is 383 g/mol. The molecule has 29 heavy (non-hydrogen) atoms. The van der Waals surface area contributed by atoms with E-state index < -0.39 is 11.5 Å². The number of pyridine rings is 1. The smallest absolute Gasteiger partial charge is 0.282 e.